The Hall–Kier alpha value is -3.95. The molecule has 0 spiro atoms. The van der Waals surface area contributed by atoms with Gasteiger partial charge in [-0.05, 0) is 66.6 Å². The van der Waals surface area contributed by atoms with Gasteiger partial charge in [0.05, 0.1) is 22.1 Å². The molecular weight excluding hydrogens is 486 g/mol. The van der Waals surface area contributed by atoms with Crippen LogP contribution in [-0.2, 0) is 23.4 Å². The molecular formula is C27H23F4N5O. The normalized spacial score (nSPS) is 16.7. The lowest BCUT2D eigenvalue weighted by atomic mass is 9.93. The minimum absolute atomic E-state index is 0.0427. The molecule has 4 aromatic rings. The number of alkyl halides is 3. The van der Waals surface area contributed by atoms with Gasteiger partial charge in [0, 0.05) is 18.7 Å². The first-order valence-corrected chi connectivity index (χ1v) is 12.0. The second-order valence-corrected chi connectivity index (χ2v) is 9.89. The predicted octanol–water partition coefficient (Wildman–Crippen LogP) is 5.92. The topological polar surface area (TPSA) is 85.8 Å². The average Bonchev–Trinajstić information content (AvgIpc) is 3.78. The highest BCUT2D eigenvalue weighted by atomic mass is 19.4. The van der Waals surface area contributed by atoms with Crippen LogP contribution in [-0.4, -0.2) is 20.7 Å². The van der Waals surface area contributed by atoms with E-state index in [-0.39, 0.29) is 17.1 Å². The van der Waals surface area contributed by atoms with Crippen LogP contribution in [0.1, 0.15) is 48.4 Å². The van der Waals surface area contributed by atoms with Crippen molar-refractivity contribution in [2.75, 3.05) is 11.1 Å². The quantitative estimate of drug-likeness (QED) is 0.327. The van der Waals surface area contributed by atoms with Crippen LogP contribution in [0.3, 0.4) is 0 Å². The number of amides is 1. The average molecular weight is 510 g/mol. The molecule has 6 rings (SSSR count). The first-order chi connectivity index (χ1) is 17.6. The van der Waals surface area contributed by atoms with Gasteiger partial charge < -0.3 is 11.1 Å². The number of hydrogen-bond acceptors (Lipinski definition) is 4. The molecule has 1 amide bonds. The van der Waals surface area contributed by atoms with Gasteiger partial charge in [-0.15, -0.1) is 0 Å². The molecule has 0 unspecified atom stereocenters. The molecule has 10 heteroatoms. The largest absolute Gasteiger partial charge is 0.416 e. The number of aromatic nitrogens is 3. The van der Waals surface area contributed by atoms with Gasteiger partial charge >= 0.3 is 6.18 Å². The van der Waals surface area contributed by atoms with Crippen LogP contribution < -0.4 is 11.1 Å². The molecule has 0 aliphatic heterocycles. The maximum absolute atomic E-state index is 15.3. The summed E-state index contributed by atoms with van der Waals surface area (Å²) in [6, 6.07) is 11.1. The Labute approximate surface area is 209 Å². The number of nitrogens with zero attached hydrogens (tertiary/aromatic N) is 3. The number of aryl methyl sites for hydroxylation is 1. The molecule has 2 aliphatic carbocycles. The van der Waals surface area contributed by atoms with Crippen LogP contribution in [0, 0.1) is 5.82 Å². The molecule has 190 valence electrons. The Bertz CT molecular complexity index is 1570. The van der Waals surface area contributed by atoms with Gasteiger partial charge in [0.25, 0.3) is 0 Å². The first kappa shape index (κ1) is 23.4. The van der Waals surface area contributed by atoms with E-state index in [0.29, 0.717) is 40.9 Å². The van der Waals surface area contributed by atoms with Crippen molar-refractivity contribution in [3.63, 3.8) is 0 Å². The lowest BCUT2D eigenvalue weighted by Crippen LogP contribution is -2.28. The maximum Gasteiger partial charge on any atom is 0.416 e. The van der Waals surface area contributed by atoms with E-state index in [1.807, 2.05) is 6.07 Å². The zero-order valence-corrected chi connectivity index (χ0v) is 19.9. The Morgan fingerprint density at radius 2 is 1.89 bits per heavy atom. The smallest absolute Gasteiger partial charge is 0.382 e. The molecule has 0 atom stereocenters. The van der Waals surface area contributed by atoms with Gasteiger partial charge in [-0.3, -0.25) is 4.79 Å². The number of carbonyl (C=O) groups excluding carboxylic acids is 1. The molecule has 2 aromatic carbocycles. The third kappa shape index (κ3) is 4.00. The zero-order chi connectivity index (χ0) is 26.1. The highest BCUT2D eigenvalue weighted by Gasteiger charge is 2.52. The molecule has 2 saturated carbocycles. The molecule has 6 nitrogen and oxygen atoms in total. The number of fused-ring (bicyclic) bond motifs is 1. The fourth-order valence-electron chi connectivity index (χ4n) is 4.90. The van der Waals surface area contributed by atoms with Crippen LogP contribution in [0.2, 0.25) is 0 Å². The monoisotopic (exact) mass is 509 g/mol. The molecule has 2 fully saturated rings. The summed E-state index contributed by atoms with van der Waals surface area (Å²) in [6.45, 7) is 0. The van der Waals surface area contributed by atoms with E-state index >= 15 is 4.39 Å². The van der Waals surface area contributed by atoms with Crippen LogP contribution in [0.4, 0.5) is 29.1 Å². The van der Waals surface area contributed by atoms with E-state index in [1.165, 1.54) is 24.3 Å². The summed E-state index contributed by atoms with van der Waals surface area (Å²) in [7, 11) is 1.75. The van der Waals surface area contributed by atoms with Crippen molar-refractivity contribution in [2.24, 2.45) is 7.05 Å². The van der Waals surface area contributed by atoms with Crippen LogP contribution in [0.5, 0.6) is 0 Å². The van der Waals surface area contributed by atoms with Crippen molar-refractivity contribution in [2.45, 2.75) is 43.2 Å². The van der Waals surface area contributed by atoms with Crippen molar-refractivity contribution in [3.05, 3.63) is 71.2 Å². The summed E-state index contributed by atoms with van der Waals surface area (Å²) in [6.07, 6.45) is -1.66. The number of nitrogens with two attached hydrogens (primary N) is 1. The summed E-state index contributed by atoms with van der Waals surface area (Å²) in [4.78, 5) is 17.8. The van der Waals surface area contributed by atoms with Gasteiger partial charge in [-0.25, -0.2) is 14.1 Å². The number of hydrogen-bond donors (Lipinski definition) is 2. The van der Waals surface area contributed by atoms with Crippen molar-refractivity contribution >= 4 is 28.4 Å². The fraction of sp³-hybridized carbons (Fsp3) is 0.296. The SMILES string of the molecule is Cn1nc(N)c2c(-c3ccc(NC(=O)C4(c5cccc(C(F)(F)F)c5)CC4)c(F)c3)cc(C3CC3)nc21. The lowest BCUT2D eigenvalue weighted by Gasteiger charge is -2.18. The molecule has 0 saturated heterocycles. The molecule has 37 heavy (non-hydrogen) atoms. The van der Waals surface area contributed by atoms with Gasteiger partial charge in [0.15, 0.2) is 11.5 Å². The maximum atomic E-state index is 15.3. The van der Waals surface area contributed by atoms with Gasteiger partial charge in [-0.2, -0.15) is 18.3 Å². The summed E-state index contributed by atoms with van der Waals surface area (Å²) in [5, 5.41) is 7.49. The third-order valence-corrected chi connectivity index (χ3v) is 7.29. The Morgan fingerprint density at radius 1 is 1.14 bits per heavy atom. The molecule has 0 bridgehead atoms. The van der Waals surface area contributed by atoms with E-state index in [9.17, 15) is 18.0 Å². The number of pyridine rings is 1. The van der Waals surface area contributed by atoms with E-state index < -0.39 is 28.9 Å². The van der Waals surface area contributed by atoms with Crippen molar-refractivity contribution in [1.82, 2.24) is 14.8 Å². The molecule has 2 heterocycles. The number of carbonyl (C=O) groups is 1. The fourth-order valence-corrected chi connectivity index (χ4v) is 4.90. The standard InChI is InChI=1S/C27H23F4N5O/c1-36-24-22(23(32)35-36)18(13-21(33-24)14-5-6-14)15-7-8-20(19(28)11-15)34-25(37)26(9-10-26)16-3-2-4-17(12-16)27(29,30)31/h2-4,7-8,11-14H,5-6,9-10H2,1H3,(H2,32,35)(H,34,37). The Balaban J connectivity index is 1.31. The van der Waals surface area contributed by atoms with Crippen molar-refractivity contribution in [1.29, 1.82) is 0 Å². The summed E-state index contributed by atoms with van der Waals surface area (Å²) in [5.74, 6) is -0.548. The number of nitrogens with one attached hydrogen (secondary N) is 1. The highest BCUT2D eigenvalue weighted by Crippen LogP contribution is 2.50. The van der Waals surface area contributed by atoms with E-state index in [1.54, 1.807) is 17.8 Å². The third-order valence-electron chi connectivity index (χ3n) is 7.29. The number of anilines is 2. The number of benzene rings is 2. The first-order valence-electron chi connectivity index (χ1n) is 12.0. The van der Waals surface area contributed by atoms with Gasteiger partial charge in [0.2, 0.25) is 5.91 Å². The van der Waals surface area contributed by atoms with Gasteiger partial charge in [-0.1, -0.05) is 24.3 Å². The second kappa shape index (κ2) is 8.03. The minimum atomic E-state index is -4.51. The molecule has 2 aromatic heterocycles. The molecule has 3 N–H and O–H groups in total. The second-order valence-electron chi connectivity index (χ2n) is 9.89. The zero-order valence-electron chi connectivity index (χ0n) is 19.9. The summed E-state index contributed by atoms with van der Waals surface area (Å²) in [5.41, 5.74) is 7.24. The molecule has 0 radical (unpaired) electrons. The lowest BCUT2D eigenvalue weighted by molar-refractivity contribution is -0.137. The van der Waals surface area contributed by atoms with Gasteiger partial charge in [0.1, 0.15) is 5.82 Å². The predicted molar refractivity (Wildman–Crippen MR) is 131 cm³/mol. The number of halogens is 4. The van der Waals surface area contributed by atoms with Crippen LogP contribution in [0.25, 0.3) is 22.2 Å². The molecule has 2 aliphatic rings. The number of nitrogen functional groups attached to an aromatic ring is 1. The summed E-state index contributed by atoms with van der Waals surface area (Å²) < 4.78 is 56.4. The van der Waals surface area contributed by atoms with E-state index in [2.05, 4.69) is 10.4 Å². The Morgan fingerprint density at radius 3 is 2.54 bits per heavy atom. The highest BCUT2D eigenvalue weighted by molar-refractivity contribution is 6.03. The summed E-state index contributed by atoms with van der Waals surface area (Å²) >= 11 is 0. The van der Waals surface area contributed by atoms with Crippen molar-refractivity contribution < 1.29 is 22.4 Å². The minimum Gasteiger partial charge on any atom is -0.382 e. The Kier molecular flexibility index (Phi) is 5.09. The van der Waals surface area contributed by atoms with Crippen LogP contribution >= 0.6 is 0 Å². The van der Waals surface area contributed by atoms with Crippen molar-refractivity contribution in [3.8, 4) is 11.1 Å². The van der Waals surface area contributed by atoms with E-state index in [0.717, 1.165) is 30.7 Å². The number of rotatable bonds is 5. The van der Waals surface area contributed by atoms with E-state index in [4.69, 9.17) is 10.7 Å². The van der Waals surface area contributed by atoms with Crippen LogP contribution in [0.15, 0.2) is 48.5 Å².